The van der Waals surface area contributed by atoms with Gasteiger partial charge in [0.1, 0.15) is 5.75 Å². The van der Waals surface area contributed by atoms with Crippen LogP contribution < -0.4 is 4.74 Å². The number of ether oxygens (including phenoxy) is 1. The predicted octanol–water partition coefficient (Wildman–Crippen LogP) is 3.93. The molecule has 0 unspecified atom stereocenters. The first-order chi connectivity index (χ1) is 9.11. The molecular weight excluding hydrogens is 330 g/mol. The Morgan fingerprint density at radius 3 is 2.89 bits per heavy atom. The van der Waals surface area contributed by atoms with Crippen molar-refractivity contribution in [2.24, 2.45) is 0 Å². The maximum absolute atomic E-state index is 12.2. The van der Waals surface area contributed by atoms with Gasteiger partial charge in [-0.15, -0.1) is 0 Å². The number of carbonyl (C=O) groups excluding carboxylic acids is 1. The van der Waals surface area contributed by atoms with Crippen molar-refractivity contribution in [1.29, 1.82) is 0 Å². The van der Waals surface area contributed by atoms with Gasteiger partial charge in [-0.05, 0) is 29.8 Å². The highest BCUT2D eigenvalue weighted by atomic mass is 79.9. The third-order valence-corrected chi connectivity index (χ3v) is 3.75. The van der Waals surface area contributed by atoms with Crippen molar-refractivity contribution in [3.63, 3.8) is 0 Å². The van der Waals surface area contributed by atoms with E-state index < -0.39 is 0 Å². The second kappa shape index (κ2) is 6.17. The van der Waals surface area contributed by atoms with Crippen LogP contribution in [-0.2, 0) is 6.42 Å². The van der Waals surface area contributed by atoms with Gasteiger partial charge in [-0.25, -0.2) is 0 Å². The van der Waals surface area contributed by atoms with Gasteiger partial charge >= 0.3 is 0 Å². The second-order valence-corrected chi connectivity index (χ2v) is 5.17. The lowest BCUT2D eigenvalue weighted by molar-refractivity contribution is 0.0993. The first-order valence-corrected chi connectivity index (χ1v) is 6.74. The molecule has 19 heavy (non-hydrogen) atoms. The monoisotopic (exact) mass is 339 g/mol. The summed E-state index contributed by atoms with van der Waals surface area (Å²) in [7, 11) is 1.59. The van der Waals surface area contributed by atoms with Crippen LogP contribution in [0.3, 0.4) is 0 Å². The van der Waals surface area contributed by atoms with E-state index in [4.69, 9.17) is 16.3 Å². The summed E-state index contributed by atoms with van der Waals surface area (Å²) in [5, 5.41) is 0.367. The molecular formula is C14H11BrClNO2. The Bertz CT molecular complexity index is 616. The van der Waals surface area contributed by atoms with Crippen LogP contribution in [0.5, 0.6) is 5.75 Å². The number of hydrogen-bond acceptors (Lipinski definition) is 3. The SMILES string of the molecule is COc1ccc(Br)c(CC(=O)c2ccncc2Cl)c1. The number of Topliss-reactive ketones (excluding diaryl/α,β-unsaturated/α-hetero) is 1. The lowest BCUT2D eigenvalue weighted by Crippen LogP contribution is -2.05. The molecule has 0 saturated heterocycles. The molecule has 3 nitrogen and oxygen atoms in total. The van der Waals surface area contributed by atoms with Crippen molar-refractivity contribution in [2.45, 2.75) is 6.42 Å². The van der Waals surface area contributed by atoms with Crippen LogP contribution in [-0.4, -0.2) is 17.9 Å². The second-order valence-electron chi connectivity index (χ2n) is 3.91. The maximum Gasteiger partial charge on any atom is 0.168 e. The van der Waals surface area contributed by atoms with Crippen LogP contribution in [0.2, 0.25) is 5.02 Å². The fourth-order valence-corrected chi connectivity index (χ4v) is 2.29. The fraction of sp³-hybridized carbons (Fsp3) is 0.143. The summed E-state index contributed by atoms with van der Waals surface area (Å²) in [5.41, 5.74) is 1.34. The van der Waals surface area contributed by atoms with Gasteiger partial charge in [-0.2, -0.15) is 0 Å². The smallest absolute Gasteiger partial charge is 0.168 e. The minimum atomic E-state index is -0.0543. The van der Waals surface area contributed by atoms with Gasteiger partial charge in [0.25, 0.3) is 0 Å². The molecule has 0 saturated carbocycles. The number of methoxy groups -OCH3 is 1. The van der Waals surface area contributed by atoms with E-state index in [-0.39, 0.29) is 12.2 Å². The molecule has 98 valence electrons. The highest BCUT2D eigenvalue weighted by Gasteiger charge is 2.13. The average Bonchev–Trinajstić information content (AvgIpc) is 2.41. The van der Waals surface area contributed by atoms with Crippen molar-refractivity contribution in [3.05, 3.63) is 57.3 Å². The third kappa shape index (κ3) is 3.33. The Morgan fingerprint density at radius 2 is 2.21 bits per heavy atom. The molecule has 2 aromatic rings. The molecule has 1 heterocycles. The molecule has 0 N–H and O–H groups in total. The summed E-state index contributed by atoms with van der Waals surface area (Å²) in [6, 6.07) is 7.14. The topological polar surface area (TPSA) is 39.2 Å². The highest BCUT2D eigenvalue weighted by molar-refractivity contribution is 9.10. The number of halogens is 2. The van der Waals surface area contributed by atoms with Gasteiger partial charge in [0, 0.05) is 28.9 Å². The van der Waals surface area contributed by atoms with E-state index in [2.05, 4.69) is 20.9 Å². The number of nitrogens with zero attached hydrogens (tertiary/aromatic N) is 1. The molecule has 0 aliphatic carbocycles. The summed E-state index contributed by atoms with van der Waals surface area (Å²) >= 11 is 9.39. The number of aromatic nitrogens is 1. The molecule has 2 rings (SSSR count). The van der Waals surface area contributed by atoms with Crippen LogP contribution in [0.15, 0.2) is 41.1 Å². The zero-order valence-electron chi connectivity index (χ0n) is 10.2. The minimum Gasteiger partial charge on any atom is -0.497 e. The Morgan fingerprint density at radius 1 is 1.42 bits per heavy atom. The van der Waals surface area contributed by atoms with Crippen molar-refractivity contribution < 1.29 is 9.53 Å². The Hall–Kier alpha value is -1.39. The normalized spacial score (nSPS) is 10.3. The van der Waals surface area contributed by atoms with Gasteiger partial charge in [0.2, 0.25) is 0 Å². The molecule has 0 atom stereocenters. The average molecular weight is 341 g/mol. The summed E-state index contributed by atoms with van der Waals surface area (Å²) in [4.78, 5) is 16.1. The molecule has 0 aliphatic heterocycles. The lowest BCUT2D eigenvalue weighted by Gasteiger charge is -2.07. The lowest BCUT2D eigenvalue weighted by atomic mass is 10.0. The van der Waals surface area contributed by atoms with Crippen LogP contribution in [0.4, 0.5) is 0 Å². The molecule has 0 spiro atoms. The largest absolute Gasteiger partial charge is 0.497 e. The van der Waals surface area contributed by atoms with E-state index in [9.17, 15) is 4.79 Å². The first kappa shape index (κ1) is 14.0. The zero-order valence-corrected chi connectivity index (χ0v) is 12.5. The summed E-state index contributed by atoms with van der Waals surface area (Å²) in [5.74, 6) is 0.660. The van der Waals surface area contributed by atoms with E-state index in [1.165, 1.54) is 6.20 Å². The summed E-state index contributed by atoms with van der Waals surface area (Å²) < 4.78 is 6.02. The maximum atomic E-state index is 12.2. The number of rotatable bonds is 4. The number of hydrogen-bond donors (Lipinski definition) is 0. The summed E-state index contributed by atoms with van der Waals surface area (Å²) in [6.07, 6.45) is 3.27. The van der Waals surface area contributed by atoms with E-state index in [1.54, 1.807) is 19.4 Å². The minimum absolute atomic E-state index is 0.0543. The van der Waals surface area contributed by atoms with E-state index in [0.29, 0.717) is 16.3 Å². The van der Waals surface area contributed by atoms with Gasteiger partial charge in [0.05, 0.1) is 12.1 Å². The summed E-state index contributed by atoms with van der Waals surface area (Å²) in [6.45, 7) is 0. The molecule has 0 bridgehead atoms. The number of carbonyl (C=O) groups is 1. The van der Waals surface area contributed by atoms with Gasteiger partial charge < -0.3 is 4.74 Å². The van der Waals surface area contributed by atoms with Crippen molar-refractivity contribution in [3.8, 4) is 5.75 Å². The molecule has 0 amide bonds. The van der Waals surface area contributed by atoms with Crippen LogP contribution >= 0.6 is 27.5 Å². The molecule has 0 radical (unpaired) electrons. The van der Waals surface area contributed by atoms with Gasteiger partial charge in [0.15, 0.2) is 5.78 Å². The molecule has 0 aliphatic rings. The van der Waals surface area contributed by atoms with Crippen molar-refractivity contribution in [2.75, 3.05) is 7.11 Å². The first-order valence-electron chi connectivity index (χ1n) is 5.57. The third-order valence-electron chi connectivity index (χ3n) is 2.68. The van der Waals surface area contributed by atoms with E-state index >= 15 is 0 Å². The standard InChI is InChI=1S/C14H11BrClNO2/c1-19-10-2-3-12(15)9(6-10)7-14(18)11-4-5-17-8-13(11)16/h2-6,8H,7H2,1H3. The van der Waals surface area contributed by atoms with Crippen molar-refractivity contribution >= 4 is 33.3 Å². The number of ketones is 1. The van der Waals surface area contributed by atoms with Crippen LogP contribution in [0, 0.1) is 0 Å². The molecule has 1 aromatic carbocycles. The quantitative estimate of drug-likeness (QED) is 0.792. The number of pyridine rings is 1. The Labute approximate surface area is 124 Å². The van der Waals surface area contributed by atoms with Gasteiger partial charge in [-0.3, -0.25) is 9.78 Å². The number of benzene rings is 1. The van der Waals surface area contributed by atoms with Crippen molar-refractivity contribution in [1.82, 2.24) is 4.98 Å². The van der Waals surface area contributed by atoms with Gasteiger partial charge in [-0.1, -0.05) is 27.5 Å². The molecule has 5 heteroatoms. The van der Waals surface area contributed by atoms with Crippen LogP contribution in [0.1, 0.15) is 15.9 Å². The van der Waals surface area contributed by atoms with E-state index in [1.807, 2.05) is 18.2 Å². The van der Waals surface area contributed by atoms with E-state index in [0.717, 1.165) is 10.0 Å². The molecule has 0 fully saturated rings. The Kier molecular flexibility index (Phi) is 4.56. The van der Waals surface area contributed by atoms with Crippen LogP contribution in [0.25, 0.3) is 0 Å². The predicted molar refractivity (Wildman–Crippen MR) is 78.0 cm³/mol. The zero-order chi connectivity index (χ0) is 13.8. The fourth-order valence-electron chi connectivity index (χ4n) is 1.68. The highest BCUT2D eigenvalue weighted by Crippen LogP contribution is 2.25. The molecule has 1 aromatic heterocycles. The Balaban J connectivity index is 2.26.